The van der Waals surface area contributed by atoms with Crippen LogP contribution in [-0.4, -0.2) is 23.9 Å². The maximum Gasteiger partial charge on any atom is 0.268 e. The molecule has 1 aliphatic heterocycles. The van der Waals surface area contributed by atoms with E-state index in [9.17, 15) is 9.59 Å². The SMILES string of the molecule is COc1c(Br)ccc2nc(N3C(=O)c4ccccc4C3=O)sc12. The monoisotopic (exact) mass is 388 g/mol. The molecule has 0 spiro atoms. The zero-order chi connectivity index (χ0) is 16.1. The molecule has 0 saturated carbocycles. The zero-order valence-electron chi connectivity index (χ0n) is 11.9. The molecule has 1 aromatic heterocycles. The number of carbonyl (C=O) groups excluding carboxylic acids is 2. The number of hydrogen-bond donors (Lipinski definition) is 0. The lowest BCUT2D eigenvalue weighted by atomic mass is 10.1. The molecule has 0 aliphatic carbocycles. The van der Waals surface area contributed by atoms with Crippen LogP contribution >= 0.6 is 27.3 Å². The Balaban J connectivity index is 1.88. The van der Waals surface area contributed by atoms with Gasteiger partial charge < -0.3 is 4.74 Å². The predicted molar refractivity (Wildman–Crippen MR) is 91.5 cm³/mol. The fourth-order valence-electron chi connectivity index (χ4n) is 2.58. The lowest BCUT2D eigenvalue weighted by molar-refractivity contribution is 0.0926. The number of hydrogen-bond acceptors (Lipinski definition) is 5. The Morgan fingerprint density at radius 2 is 1.74 bits per heavy atom. The molecule has 0 unspecified atom stereocenters. The van der Waals surface area contributed by atoms with Crippen molar-refractivity contribution in [3.63, 3.8) is 0 Å². The molecule has 0 N–H and O–H groups in total. The van der Waals surface area contributed by atoms with Crippen LogP contribution in [0.1, 0.15) is 20.7 Å². The van der Waals surface area contributed by atoms with Gasteiger partial charge in [0.2, 0.25) is 5.13 Å². The molecule has 0 bridgehead atoms. The largest absolute Gasteiger partial charge is 0.494 e. The maximum atomic E-state index is 12.5. The Labute approximate surface area is 143 Å². The van der Waals surface area contributed by atoms with Gasteiger partial charge in [0.05, 0.1) is 32.9 Å². The molecular formula is C16H9BrN2O3S. The fourth-order valence-corrected chi connectivity index (χ4v) is 4.29. The summed E-state index contributed by atoms with van der Waals surface area (Å²) in [4.78, 5) is 30.6. The van der Waals surface area contributed by atoms with Gasteiger partial charge in [0, 0.05) is 0 Å². The molecule has 7 heteroatoms. The number of fused-ring (bicyclic) bond motifs is 2. The van der Waals surface area contributed by atoms with Gasteiger partial charge in [0.15, 0.2) is 5.75 Å². The zero-order valence-corrected chi connectivity index (χ0v) is 14.3. The molecule has 23 heavy (non-hydrogen) atoms. The summed E-state index contributed by atoms with van der Waals surface area (Å²) in [5, 5.41) is 0.350. The topological polar surface area (TPSA) is 59.5 Å². The molecule has 0 atom stereocenters. The Bertz CT molecular complexity index is 948. The first-order valence-corrected chi connectivity index (χ1v) is 8.33. The van der Waals surface area contributed by atoms with Crippen LogP contribution < -0.4 is 9.64 Å². The van der Waals surface area contributed by atoms with E-state index in [1.807, 2.05) is 12.1 Å². The number of ether oxygens (including phenoxy) is 1. The molecule has 1 aliphatic rings. The molecule has 2 aromatic carbocycles. The van der Waals surface area contributed by atoms with E-state index in [1.165, 1.54) is 11.3 Å². The molecule has 4 rings (SSSR count). The van der Waals surface area contributed by atoms with Crippen molar-refractivity contribution in [3.8, 4) is 5.75 Å². The van der Waals surface area contributed by atoms with Gasteiger partial charge >= 0.3 is 0 Å². The van der Waals surface area contributed by atoms with Crippen LogP contribution in [0.5, 0.6) is 5.75 Å². The summed E-state index contributed by atoms with van der Waals surface area (Å²) in [6.07, 6.45) is 0. The smallest absolute Gasteiger partial charge is 0.268 e. The van der Waals surface area contributed by atoms with Crippen LogP contribution in [0.4, 0.5) is 5.13 Å². The van der Waals surface area contributed by atoms with Crippen molar-refractivity contribution < 1.29 is 14.3 Å². The summed E-state index contributed by atoms with van der Waals surface area (Å²) in [5.74, 6) is -0.0479. The average molecular weight is 389 g/mol. The summed E-state index contributed by atoms with van der Waals surface area (Å²) >= 11 is 4.68. The van der Waals surface area contributed by atoms with E-state index in [-0.39, 0.29) is 11.8 Å². The number of anilines is 1. The van der Waals surface area contributed by atoms with Gasteiger partial charge in [-0.2, -0.15) is 0 Å². The van der Waals surface area contributed by atoms with Crippen molar-refractivity contribution >= 4 is 54.4 Å². The number of carbonyl (C=O) groups is 2. The Morgan fingerprint density at radius 1 is 1.09 bits per heavy atom. The number of halogens is 1. The van der Waals surface area contributed by atoms with E-state index in [2.05, 4.69) is 20.9 Å². The molecule has 2 heterocycles. The fraction of sp³-hybridized carbons (Fsp3) is 0.0625. The maximum absolute atomic E-state index is 12.5. The van der Waals surface area contributed by atoms with Crippen molar-refractivity contribution in [2.24, 2.45) is 0 Å². The molecule has 2 amide bonds. The van der Waals surface area contributed by atoms with Crippen LogP contribution in [0, 0.1) is 0 Å². The van der Waals surface area contributed by atoms with Crippen LogP contribution in [0.3, 0.4) is 0 Å². The van der Waals surface area contributed by atoms with Crippen molar-refractivity contribution in [2.45, 2.75) is 0 Å². The lowest BCUT2D eigenvalue weighted by Crippen LogP contribution is -2.29. The second-order valence-corrected chi connectivity index (χ2v) is 6.75. The van der Waals surface area contributed by atoms with Crippen LogP contribution in [0.2, 0.25) is 0 Å². The van der Waals surface area contributed by atoms with Gasteiger partial charge in [0.1, 0.15) is 0 Å². The Morgan fingerprint density at radius 3 is 2.35 bits per heavy atom. The molecule has 0 fully saturated rings. The number of aromatic nitrogens is 1. The highest BCUT2D eigenvalue weighted by molar-refractivity contribution is 9.10. The second-order valence-electron chi connectivity index (χ2n) is 4.92. The molecule has 0 saturated heterocycles. The van der Waals surface area contributed by atoms with Crippen molar-refractivity contribution in [3.05, 3.63) is 52.0 Å². The average Bonchev–Trinajstić information content (AvgIpc) is 3.08. The number of benzene rings is 2. The molecular weight excluding hydrogens is 380 g/mol. The predicted octanol–water partition coefficient (Wildman–Crippen LogP) is 3.87. The molecule has 3 aromatic rings. The highest BCUT2D eigenvalue weighted by Crippen LogP contribution is 2.41. The van der Waals surface area contributed by atoms with E-state index in [0.29, 0.717) is 27.5 Å². The van der Waals surface area contributed by atoms with Gasteiger partial charge in [-0.3, -0.25) is 9.59 Å². The van der Waals surface area contributed by atoms with Crippen molar-refractivity contribution in [1.29, 1.82) is 0 Å². The van der Waals surface area contributed by atoms with Crippen LogP contribution in [0.15, 0.2) is 40.9 Å². The number of methoxy groups -OCH3 is 1. The van der Waals surface area contributed by atoms with Crippen LogP contribution in [0.25, 0.3) is 10.2 Å². The van der Waals surface area contributed by atoms with E-state index < -0.39 is 0 Å². The van der Waals surface area contributed by atoms with E-state index in [0.717, 1.165) is 14.1 Å². The minimum atomic E-state index is -0.345. The first-order valence-electron chi connectivity index (χ1n) is 6.72. The summed E-state index contributed by atoms with van der Waals surface area (Å²) in [6.45, 7) is 0. The third-order valence-corrected chi connectivity index (χ3v) is 5.32. The van der Waals surface area contributed by atoms with E-state index in [4.69, 9.17) is 4.74 Å². The van der Waals surface area contributed by atoms with Gasteiger partial charge in [-0.1, -0.05) is 23.5 Å². The molecule has 114 valence electrons. The number of nitrogens with zero attached hydrogens (tertiary/aromatic N) is 2. The quantitative estimate of drug-likeness (QED) is 0.625. The minimum absolute atomic E-state index is 0.345. The third-order valence-electron chi connectivity index (χ3n) is 3.64. The van der Waals surface area contributed by atoms with E-state index in [1.54, 1.807) is 31.4 Å². The summed E-state index contributed by atoms with van der Waals surface area (Å²) in [6, 6.07) is 10.4. The Kier molecular flexibility index (Phi) is 3.21. The number of imide groups is 1. The molecule has 0 radical (unpaired) electrons. The van der Waals surface area contributed by atoms with Gasteiger partial charge in [-0.25, -0.2) is 9.88 Å². The second kappa shape index (κ2) is 5.14. The first kappa shape index (κ1) is 14.3. The first-order chi connectivity index (χ1) is 11.1. The summed E-state index contributed by atoms with van der Waals surface area (Å²) in [7, 11) is 1.57. The summed E-state index contributed by atoms with van der Waals surface area (Å²) < 4.78 is 6.97. The Hall–Kier alpha value is -2.25. The van der Waals surface area contributed by atoms with Gasteiger partial charge in [0.25, 0.3) is 11.8 Å². The lowest BCUT2D eigenvalue weighted by Gasteiger charge is -2.08. The highest BCUT2D eigenvalue weighted by Gasteiger charge is 2.38. The number of rotatable bonds is 2. The number of thiazole rings is 1. The normalized spacial score (nSPS) is 13.7. The van der Waals surface area contributed by atoms with Crippen molar-refractivity contribution in [2.75, 3.05) is 12.0 Å². The van der Waals surface area contributed by atoms with Crippen molar-refractivity contribution in [1.82, 2.24) is 4.98 Å². The van der Waals surface area contributed by atoms with Gasteiger partial charge in [-0.05, 0) is 40.2 Å². The third kappa shape index (κ3) is 2.00. The number of amides is 2. The minimum Gasteiger partial charge on any atom is -0.494 e. The van der Waals surface area contributed by atoms with Gasteiger partial charge in [-0.15, -0.1) is 0 Å². The van der Waals surface area contributed by atoms with Crippen LogP contribution in [-0.2, 0) is 0 Å². The highest BCUT2D eigenvalue weighted by atomic mass is 79.9. The van der Waals surface area contributed by atoms with E-state index >= 15 is 0 Å². The standard InChI is InChI=1S/C16H9BrN2O3S/c1-22-12-10(17)6-7-11-13(12)23-16(18-11)19-14(20)8-4-2-3-5-9(8)15(19)21/h2-7H,1H3. The summed E-state index contributed by atoms with van der Waals surface area (Å²) in [5.41, 5.74) is 1.50. The molecule has 5 nitrogen and oxygen atoms in total.